The van der Waals surface area contributed by atoms with Crippen LogP contribution in [-0.4, -0.2) is 41.8 Å². The van der Waals surface area contributed by atoms with E-state index in [0.29, 0.717) is 18.9 Å². The number of rotatable bonds is 5. The van der Waals surface area contributed by atoms with Crippen LogP contribution >= 0.6 is 0 Å². The SMILES string of the molecule is O=C(NCC1CCN(Cc2ccccc2)CC1)N[C@@H]1c2ccccc2C[C@@H]1O. The van der Waals surface area contributed by atoms with Gasteiger partial charge < -0.3 is 15.7 Å². The normalized spacial score (nSPS) is 22.6. The number of nitrogens with zero attached hydrogens (tertiary/aromatic N) is 1. The van der Waals surface area contributed by atoms with E-state index in [4.69, 9.17) is 0 Å². The smallest absolute Gasteiger partial charge is 0.315 e. The molecule has 2 aromatic carbocycles. The number of carbonyl (C=O) groups is 1. The van der Waals surface area contributed by atoms with Crippen LogP contribution in [0.3, 0.4) is 0 Å². The fourth-order valence-electron chi connectivity index (χ4n) is 4.37. The van der Waals surface area contributed by atoms with Crippen LogP contribution in [0.4, 0.5) is 4.79 Å². The monoisotopic (exact) mass is 379 g/mol. The third-order valence-electron chi connectivity index (χ3n) is 6.00. The lowest BCUT2D eigenvalue weighted by atomic mass is 9.96. The molecule has 2 aromatic rings. The number of hydrogen-bond donors (Lipinski definition) is 3. The van der Waals surface area contributed by atoms with E-state index in [1.54, 1.807) is 0 Å². The Morgan fingerprint density at radius 2 is 1.75 bits per heavy atom. The first kappa shape index (κ1) is 19.0. The van der Waals surface area contributed by atoms with Gasteiger partial charge in [0.2, 0.25) is 0 Å². The molecule has 2 aliphatic rings. The maximum absolute atomic E-state index is 12.4. The molecule has 0 aromatic heterocycles. The molecule has 5 heteroatoms. The number of urea groups is 1. The predicted octanol–water partition coefficient (Wildman–Crippen LogP) is 2.86. The molecule has 3 N–H and O–H groups in total. The van der Waals surface area contributed by atoms with Gasteiger partial charge in [-0.15, -0.1) is 0 Å². The van der Waals surface area contributed by atoms with Crippen molar-refractivity contribution in [2.45, 2.75) is 38.0 Å². The van der Waals surface area contributed by atoms with Gasteiger partial charge in [-0.1, -0.05) is 54.6 Å². The van der Waals surface area contributed by atoms with Crippen LogP contribution in [0.15, 0.2) is 54.6 Å². The van der Waals surface area contributed by atoms with Gasteiger partial charge in [-0.25, -0.2) is 4.79 Å². The van der Waals surface area contributed by atoms with Crippen molar-refractivity contribution in [3.8, 4) is 0 Å². The summed E-state index contributed by atoms with van der Waals surface area (Å²) in [5.74, 6) is 0.513. The lowest BCUT2D eigenvalue weighted by Crippen LogP contribution is -2.44. The van der Waals surface area contributed by atoms with E-state index >= 15 is 0 Å². The highest BCUT2D eigenvalue weighted by molar-refractivity contribution is 5.74. The fraction of sp³-hybridized carbons (Fsp3) is 0.435. The van der Waals surface area contributed by atoms with Gasteiger partial charge in [-0.05, 0) is 48.5 Å². The second kappa shape index (κ2) is 8.76. The van der Waals surface area contributed by atoms with Gasteiger partial charge in [0.05, 0.1) is 12.1 Å². The highest BCUT2D eigenvalue weighted by atomic mass is 16.3. The Balaban J connectivity index is 1.20. The van der Waals surface area contributed by atoms with Crippen molar-refractivity contribution >= 4 is 6.03 Å². The fourth-order valence-corrected chi connectivity index (χ4v) is 4.37. The number of piperidine rings is 1. The molecule has 2 amide bonds. The third kappa shape index (κ3) is 4.54. The Kier molecular flexibility index (Phi) is 5.93. The van der Waals surface area contributed by atoms with Gasteiger partial charge in [0.25, 0.3) is 0 Å². The summed E-state index contributed by atoms with van der Waals surface area (Å²) in [7, 11) is 0. The summed E-state index contributed by atoms with van der Waals surface area (Å²) in [4.78, 5) is 14.8. The average Bonchev–Trinajstić information content (AvgIpc) is 3.03. The second-order valence-electron chi connectivity index (χ2n) is 8.01. The number of carbonyl (C=O) groups excluding carboxylic acids is 1. The van der Waals surface area contributed by atoms with Crippen molar-refractivity contribution in [1.29, 1.82) is 0 Å². The Hall–Kier alpha value is -2.37. The second-order valence-corrected chi connectivity index (χ2v) is 8.01. The summed E-state index contributed by atoms with van der Waals surface area (Å²) in [6.45, 7) is 3.82. The van der Waals surface area contributed by atoms with E-state index < -0.39 is 6.10 Å². The number of benzene rings is 2. The summed E-state index contributed by atoms with van der Waals surface area (Å²) in [6.07, 6.45) is 2.25. The summed E-state index contributed by atoms with van der Waals surface area (Å²) in [5.41, 5.74) is 3.50. The van der Waals surface area contributed by atoms with Gasteiger partial charge in [-0.2, -0.15) is 0 Å². The van der Waals surface area contributed by atoms with Crippen molar-refractivity contribution in [2.24, 2.45) is 5.92 Å². The largest absolute Gasteiger partial charge is 0.390 e. The highest BCUT2D eigenvalue weighted by Crippen LogP contribution is 2.31. The maximum atomic E-state index is 12.4. The first-order valence-corrected chi connectivity index (χ1v) is 10.3. The van der Waals surface area contributed by atoms with Crippen LogP contribution in [-0.2, 0) is 13.0 Å². The predicted molar refractivity (Wildman–Crippen MR) is 110 cm³/mol. The molecule has 1 aliphatic carbocycles. The summed E-state index contributed by atoms with van der Waals surface area (Å²) in [6, 6.07) is 18.0. The van der Waals surface area contributed by atoms with Crippen LogP contribution in [0.2, 0.25) is 0 Å². The maximum Gasteiger partial charge on any atom is 0.315 e. The Morgan fingerprint density at radius 3 is 2.54 bits per heavy atom. The third-order valence-corrected chi connectivity index (χ3v) is 6.00. The molecule has 148 valence electrons. The summed E-state index contributed by atoms with van der Waals surface area (Å²) in [5, 5.41) is 16.2. The van der Waals surface area contributed by atoms with Gasteiger partial charge in [-0.3, -0.25) is 4.90 Å². The molecule has 0 unspecified atom stereocenters. The minimum absolute atomic E-state index is 0.188. The number of aliphatic hydroxyl groups excluding tert-OH is 1. The molecule has 0 bridgehead atoms. The lowest BCUT2D eigenvalue weighted by molar-refractivity contribution is 0.141. The molecule has 1 saturated heterocycles. The number of likely N-dealkylation sites (tertiary alicyclic amines) is 1. The van der Waals surface area contributed by atoms with Gasteiger partial charge in [0.15, 0.2) is 0 Å². The molecule has 1 heterocycles. The molecule has 5 nitrogen and oxygen atoms in total. The van der Waals surface area contributed by atoms with Crippen LogP contribution < -0.4 is 10.6 Å². The Labute approximate surface area is 166 Å². The lowest BCUT2D eigenvalue weighted by Gasteiger charge is -2.32. The van der Waals surface area contributed by atoms with E-state index in [1.807, 2.05) is 24.3 Å². The molecule has 4 rings (SSSR count). The van der Waals surface area contributed by atoms with E-state index in [2.05, 4.69) is 45.9 Å². The Bertz CT molecular complexity index is 787. The average molecular weight is 380 g/mol. The summed E-state index contributed by atoms with van der Waals surface area (Å²) >= 11 is 0. The van der Waals surface area contributed by atoms with Gasteiger partial charge in [0.1, 0.15) is 0 Å². The molecule has 1 fully saturated rings. The zero-order valence-electron chi connectivity index (χ0n) is 16.2. The van der Waals surface area contributed by atoms with Crippen molar-refractivity contribution < 1.29 is 9.90 Å². The quantitative estimate of drug-likeness (QED) is 0.749. The van der Waals surface area contributed by atoms with Crippen LogP contribution in [0.5, 0.6) is 0 Å². The minimum atomic E-state index is -0.552. The van der Waals surface area contributed by atoms with Crippen molar-refractivity contribution in [1.82, 2.24) is 15.5 Å². The molecule has 0 spiro atoms. The number of aliphatic hydroxyl groups is 1. The number of hydrogen-bond acceptors (Lipinski definition) is 3. The van der Waals surface area contributed by atoms with E-state index in [1.165, 1.54) is 5.56 Å². The molecule has 2 atom stereocenters. The van der Waals surface area contributed by atoms with Gasteiger partial charge >= 0.3 is 6.03 Å². The standard InChI is InChI=1S/C23H29N3O2/c27-21-14-19-8-4-5-9-20(19)22(21)25-23(28)24-15-17-10-12-26(13-11-17)16-18-6-2-1-3-7-18/h1-9,17,21-22,27H,10-16H2,(H2,24,25,28)/t21-,22+/m0/s1. The minimum Gasteiger partial charge on any atom is -0.390 e. The zero-order valence-corrected chi connectivity index (χ0v) is 16.2. The highest BCUT2D eigenvalue weighted by Gasteiger charge is 2.32. The molecular formula is C23H29N3O2. The summed E-state index contributed by atoms with van der Waals surface area (Å²) < 4.78 is 0. The zero-order chi connectivity index (χ0) is 19.3. The van der Waals surface area contributed by atoms with E-state index in [9.17, 15) is 9.90 Å². The molecule has 28 heavy (non-hydrogen) atoms. The van der Waals surface area contributed by atoms with E-state index in [0.717, 1.165) is 43.6 Å². The van der Waals surface area contributed by atoms with E-state index in [-0.39, 0.29) is 12.1 Å². The van der Waals surface area contributed by atoms with Crippen LogP contribution in [0.25, 0.3) is 0 Å². The molecular weight excluding hydrogens is 350 g/mol. The Morgan fingerprint density at radius 1 is 1.04 bits per heavy atom. The number of fused-ring (bicyclic) bond motifs is 1. The molecule has 1 aliphatic heterocycles. The number of nitrogens with one attached hydrogen (secondary N) is 2. The van der Waals surface area contributed by atoms with Crippen molar-refractivity contribution in [3.63, 3.8) is 0 Å². The van der Waals surface area contributed by atoms with Crippen molar-refractivity contribution in [3.05, 3.63) is 71.3 Å². The number of amides is 2. The van der Waals surface area contributed by atoms with Crippen molar-refractivity contribution in [2.75, 3.05) is 19.6 Å². The van der Waals surface area contributed by atoms with Crippen LogP contribution in [0.1, 0.15) is 35.6 Å². The molecule has 0 saturated carbocycles. The first-order valence-electron chi connectivity index (χ1n) is 10.3. The topological polar surface area (TPSA) is 64.6 Å². The van der Waals surface area contributed by atoms with Gasteiger partial charge in [0, 0.05) is 19.5 Å². The molecule has 0 radical (unpaired) electrons. The van der Waals surface area contributed by atoms with Crippen LogP contribution in [0, 0.1) is 5.92 Å². The first-order chi connectivity index (χ1) is 13.7.